The van der Waals surface area contributed by atoms with Crippen LogP contribution in [0.25, 0.3) is 6.08 Å². The van der Waals surface area contributed by atoms with Crippen LogP contribution in [0, 0.1) is 0 Å². The molecule has 0 fully saturated rings. The number of hydrogen-bond donors (Lipinski definition) is 0. The molecule has 0 aromatic heterocycles. The van der Waals surface area contributed by atoms with Gasteiger partial charge in [0, 0.05) is 11.8 Å². The van der Waals surface area contributed by atoms with Crippen molar-refractivity contribution < 1.29 is 4.84 Å². The van der Waals surface area contributed by atoms with Crippen LogP contribution in [0.2, 0.25) is 0 Å². The molecule has 1 aromatic carbocycles. The van der Waals surface area contributed by atoms with Crippen molar-refractivity contribution in [2.45, 2.75) is 0 Å². The van der Waals surface area contributed by atoms with E-state index in [1.165, 1.54) is 0 Å². The predicted molar refractivity (Wildman–Crippen MR) is 54.1 cm³/mol. The highest BCUT2D eigenvalue weighted by Gasteiger charge is 2.06. The van der Waals surface area contributed by atoms with Gasteiger partial charge >= 0.3 is 0 Å². The van der Waals surface area contributed by atoms with Crippen LogP contribution in [-0.2, 0) is 4.84 Å². The molecule has 0 amide bonds. The Balaban J connectivity index is 2.50. The minimum atomic E-state index is 1.06. The van der Waals surface area contributed by atoms with Gasteiger partial charge in [-0.2, -0.15) is 0 Å². The zero-order valence-corrected chi connectivity index (χ0v) is 7.47. The van der Waals surface area contributed by atoms with Crippen LogP contribution in [0.4, 0.5) is 5.69 Å². The van der Waals surface area contributed by atoms with Crippen molar-refractivity contribution in [3.63, 3.8) is 0 Å². The van der Waals surface area contributed by atoms with Gasteiger partial charge in [0.05, 0.1) is 12.8 Å². The first kappa shape index (κ1) is 8.08. The Morgan fingerprint density at radius 3 is 2.85 bits per heavy atom. The topological polar surface area (TPSA) is 12.5 Å². The summed E-state index contributed by atoms with van der Waals surface area (Å²) in [5.41, 5.74) is 2.23. The van der Waals surface area contributed by atoms with Gasteiger partial charge in [-0.3, -0.25) is 4.84 Å². The first-order valence-electron chi connectivity index (χ1n) is 4.19. The maximum Gasteiger partial charge on any atom is 0.0760 e. The van der Waals surface area contributed by atoms with E-state index in [-0.39, 0.29) is 0 Å². The lowest BCUT2D eigenvalue weighted by molar-refractivity contribution is 0.197. The molecule has 0 spiro atoms. The van der Waals surface area contributed by atoms with Crippen LogP contribution in [0.5, 0.6) is 0 Å². The third kappa shape index (κ3) is 1.48. The Bertz CT molecular complexity index is 355. The molecule has 1 aromatic rings. The lowest BCUT2D eigenvalue weighted by Gasteiger charge is -2.17. The van der Waals surface area contributed by atoms with Crippen LogP contribution in [-0.4, -0.2) is 7.11 Å². The molecule has 13 heavy (non-hydrogen) atoms. The van der Waals surface area contributed by atoms with E-state index in [1.54, 1.807) is 12.2 Å². The fraction of sp³-hybridized carbons (Fsp3) is 0.0909. The number of benzene rings is 1. The number of anilines is 1. The molecule has 1 aliphatic heterocycles. The summed E-state index contributed by atoms with van der Waals surface area (Å²) in [5.74, 6) is 0. The second-order valence-corrected chi connectivity index (χ2v) is 2.77. The average molecular weight is 173 g/mol. The highest BCUT2D eigenvalue weighted by atomic mass is 16.7. The molecule has 0 unspecified atom stereocenters. The molecule has 2 nitrogen and oxygen atoms in total. The van der Waals surface area contributed by atoms with E-state index < -0.39 is 0 Å². The van der Waals surface area contributed by atoms with E-state index in [0.29, 0.717) is 0 Å². The first-order valence-corrected chi connectivity index (χ1v) is 4.19. The molecule has 66 valence electrons. The molecular formula is C11H11NO. The average Bonchev–Trinajstić information content (AvgIpc) is 2.39. The normalized spacial score (nSPS) is 14.1. The van der Waals surface area contributed by atoms with Gasteiger partial charge in [0.2, 0.25) is 0 Å². The van der Waals surface area contributed by atoms with E-state index in [0.717, 1.165) is 11.3 Å². The van der Waals surface area contributed by atoms with Gasteiger partial charge in [0.1, 0.15) is 0 Å². The van der Waals surface area contributed by atoms with Gasteiger partial charge in [-0.25, -0.2) is 5.06 Å². The molecule has 0 saturated carbocycles. The zero-order valence-electron chi connectivity index (χ0n) is 7.47. The number of hydroxylamine groups is 1. The first-order chi connectivity index (χ1) is 6.42. The molecule has 2 rings (SSSR count). The number of allylic oxidation sites excluding steroid dienone is 2. The third-order valence-electron chi connectivity index (χ3n) is 1.98. The van der Waals surface area contributed by atoms with Crippen molar-refractivity contribution in [3.05, 3.63) is 48.2 Å². The number of nitrogens with zero attached hydrogens (tertiary/aromatic N) is 1. The molecule has 0 atom stereocenters. The molecule has 0 N–H and O–H groups in total. The van der Waals surface area contributed by atoms with Gasteiger partial charge in [0.25, 0.3) is 0 Å². The van der Waals surface area contributed by atoms with Crippen LogP contribution in [0.15, 0.2) is 42.6 Å². The third-order valence-corrected chi connectivity index (χ3v) is 1.98. The van der Waals surface area contributed by atoms with E-state index in [9.17, 15) is 0 Å². The fourth-order valence-corrected chi connectivity index (χ4v) is 1.36. The summed E-state index contributed by atoms with van der Waals surface area (Å²) in [5, 5.41) is 1.75. The molecule has 0 bridgehead atoms. The summed E-state index contributed by atoms with van der Waals surface area (Å²) in [7, 11) is 1.66. The molecule has 0 saturated heterocycles. The van der Waals surface area contributed by atoms with Gasteiger partial charge < -0.3 is 0 Å². The highest BCUT2D eigenvalue weighted by molar-refractivity contribution is 5.69. The second-order valence-electron chi connectivity index (χ2n) is 2.77. The maximum absolute atomic E-state index is 5.20. The van der Waals surface area contributed by atoms with Crippen LogP contribution in [0.1, 0.15) is 5.56 Å². The van der Waals surface area contributed by atoms with Crippen molar-refractivity contribution in [3.8, 4) is 0 Å². The largest absolute Gasteiger partial charge is 0.272 e. The van der Waals surface area contributed by atoms with Gasteiger partial charge in [-0.1, -0.05) is 30.4 Å². The van der Waals surface area contributed by atoms with Gasteiger partial charge in [-0.15, -0.1) is 0 Å². The molecule has 2 heteroatoms. The monoisotopic (exact) mass is 173 g/mol. The Labute approximate surface area is 77.7 Å². The molecule has 0 radical (unpaired) electrons. The van der Waals surface area contributed by atoms with Gasteiger partial charge in [-0.05, 0) is 12.1 Å². The Hall–Kier alpha value is -1.54. The Morgan fingerprint density at radius 1 is 1.15 bits per heavy atom. The van der Waals surface area contributed by atoms with Crippen molar-refractivity contribution in [1.29, 1.82) is 0 Å². The van der Waals surface area contributed by atoms with Crippen molar-refractivity contribution in [2.24, 2.45) is 0 Å². The zero-order chi connectivity index (χ0) is 9.10. The Kier molecular flexibility index (Phi) is 2.15. The summed E-state index contributed by atoms with van der Waals surface area (Å²) in [6.45, 7) is 0. The maximum atomic E-state index is 5.20. The molecule has 0 aliphatic carbocycles. The van der Waals surface area contributed by atoms with E-state index >= 15 is 0 Å². The quantitative estimate of drug-likeness (QED) is 0.647. The van der Waals surface area contributed by atoms with E-state index in [1.807, 2.05) is 36.6 Å². The van der Waals surface area contributed by atoms with Crippen molar-refractivity contribution in [2.75, 3.05) is 12.2 Å². The fourth-order valence-electron chi connectivity index (χ4n) is 1.36. The minimum absolute atomic E-state index is 1.06. The smallest absolute Gasteiger partial charge is 0.0760 e. The standard InChI is InChI=1S/C11H11NO/c1-13-12-9-5-4-7-10-6-2-3-8-11(10)12/h2-9H,1H3. The van der Waals surface area contributed by atoms with Crippen molar-refractivity contribution >= 4 is 11.8 Å². The summed E-state index contributed by atoms with van der Waals surface area (Å²) in [6, 6.07) is 8.10. The number of hydrogen-bond acceptors (Lipinski definition) is 2. The SMILES string of the molecule is CON1C=CC=Cc2ccccc21. The van der Waals surface area contributed by atoms with E-state index in [4.69, 9.17) is 4.84 Å². The second kappa shape index (κ2) is 3.46. The highest BCUT2D eigenvalue weighted by Crippen LogP contribution is 2.23. The lowest BCUT2D eigenvalue weighted by atomic mass is 10.2. The Morgan fingerprint density at radius 2 is 2.00 bits per heavy atom. The minimum Gasteiger partial charge on any atom is -0.272 e. The van der Waals surface area contributed by atoms with Crippen molar-refractivity contribution in [1.82, 2.24) is 0 Å². The predicted octanol–water partition coefficient (Wildman–Crippen LogP) is 2.59. The van der Waals surface area contributed by atoms with Crippen LogP contribution < -0.4 is 5.06 Å². The molecular weight excluding hydrogens is 162 g/mol. The summed E-state index contributed by atoms with van der Waals surface area (Å²) in [6.07, 6.45) is 7.90. The summed E-state index contributed by atoms with van der Waals surface area (Å²) < 4.78 is 0. The van der Waals surface area contributed by atoms with Crippen LogP contribution >= 0.6 is 0 Å². The lowest BCUT2D eigenvalue weighted by Crippen LogP contribution is -2.13. The summed E-state index contributed by atoms with van der Waals surface area (Å²) in [4.78, 5) is 5.20. The number of para-hydroxylation sites is 1. The number of fused-ring (bicyclic) bond motifs is 1. The number of rotatable bonds is 1. The van der Waals surface area contributed by atoms with Gasteiger partial charge in [0.15, 0.2) is 0 Å². The molecule has 1 heterocycles. The van der Waals surface area contributed by atoms with Crippen LogP contribution in [0.3, 0.4) is 0 Å². The molecule has 1 aliphatic rings. The summed E-state index contributed by atoms with van der Waals surface area (Å²) >= 11 is 0. The van der Waals surface area contributed by atoms with E-state index in [2.05, 4.69) is 12.1 Å².